The highest BCUT2D eigenvalue weighted by atomic mass is 32.2. The molecule has 3 amide bonds. The van der Waals surface area contributed by atoms with Crippen LogP contribution in [0.1, 0.15) is 6.42 Å². The van der Waals surface area contributed by atoms with Crippen molar-refractivity contribution in [2.24, 2.45) is 0 Å². The molecule has 118 valence electrons. The molecule has 1 fully saturated rings. The maximum atomic E-state index is 13.7. The monoisotopic (exact) mass is 351 g/mol. The molecule has 0 spiro atoms. The number of nitrogens with one attached hydrogen (secondary N) is 2. The van der Waals surface area contributed by atoms with Crippen molar-refractivity contribution in [2.45, 2.75) is 11.7 Å². The van der Waals surface area contributed by atoms with Crippen molar-refractivity contribution in [3.8, 4) is 11.3 Å². The van der Waals surface area contributed by atoms with Gasteiger partial charge in [-0.15, -0.1) is 11.3 Å². The Labute approximate surface area is 138 Å². The molecule has 1 saturated heterocycles. The SMILES string of the molecule is O=C(CC1SC(=O)NC1=O)Nc1nc(-c2ccccc2F)cs1. The first-order valence-electron chi connectivity index (χ1n) is 6.54. The minimum atomic E-state index is -0.728. The van der Waals surface area contributed by atoms with Crippen LogP contribution in [0.5, 0.6) is 0 Å². The number of aromatic nitrogens is 1. The fraction of sp³-hybridized carbons (Fsp3) is 0.143. The van der Waals surface area contributed by atoms with Crippen molar-refractivity contribution in [1.82, 2.24) is 10.3 Å². The van der Waals surface area contributed by atoms with Crippen LogP contribution < -0.4 is 10.6 Å². The molecule has 2 aromatic rings. The van der Waals surface area contributed by atoms with E-state index in [1.54, 1.807) is 23.6 Å². The van der Waals surface area contributed by atoms with Gasteiger partial charge in [-0.3, -0.25) is 19.7 Å². The number of rotatable bonds is 4. The third-order valence-electron chi connectivity index (χ3n) is 3.04. The number of thiazole rings is 1. The first-order chi connectivity index (χ1) is 11.0. The lowest BCUT2D eigenvalue weighted by Gasteiger charge is -2.04. The Morgan fingerprint density at radius 1 is 1.35 bits per heavy atom. The van der Waals surface area contributed by atoms with E-state index in [0.717, 1.165) is 23.1 Å². The summed E-state index contributed by atoms with van der Waals surface area (Å²) in [7, 11) is 0. The normalized spacial score (nSPS) is 17.2. The van der Waals surface area contributed by atoms with Gasteiger partial charge in [-0.25, -0.2) is 9.37 Å². The van der Waals surface area contributed by atoms with Crippen LogP contribution in [-0.2, 0) is 9.59 Å². The number of amides is 3. The van der Waals surface area contributed by atoms with Gasteiger partial charge in [0.2, 0.25) is 11.8 Å². The lowest BCUT2D eigenvalue weighted by atomic mass is 10.2. The fourth-order valence-corrected chi connectivity index (χ4v) is 3.54. The molecule has 6 nitrogen and oxygen atoms in total. The van der Waals surface area contributed by atoms with Crippen LogP contribution in [0.2, 0.25) is 0 Å². The van der Waals surface area contributed by atoms with Crippen LogP contribution in [0.4, 0.5) is 14.3 Å². The van der Waals surface area contributed by atoms with Crippen LogP contribution in [0.15, 0.2) is 29.6 Å². The molecule has 1 aliphatic rings. The maximum absolute atomic E-state index is 13.7. The molecule has 1 aliphatic heterocycles. The maximum Gasteiger partial charge on any atom is 0.286 e. The lowest BCUT2D eigenvalue weighted by Crippen LogP contribution is -2.27. The van der Waals surface area contributed by atoms with Crippen LogP contribution in [-0.4, -0.2) is 27.3 Å². The number of thioether (sulfide) groups is 1. The quantitative estimate of drug-likeness (QED) is 0.884. The summed E-state index contributed by atoms with van der Waals surface area (Å²) in [5.74, 6) is -1.30. The minimum absolute atomic E-state index is 0.128. The van der Waals surface area contributed by atoms with Gasteiger partial charge in [-0.1, -0.05) is 23.9 Å². The van der Waals surface area contributed by atoms with E-state index in [1.165, 1.54) is 6.07 Å². The summed E-state index contributed by atoms with van der Waals surface area (Å²) in [5.41, 5.74) is 0.770. The van der Waals surface area contributed by atoms with E-state index in [1.807, 2.05) is 0 Å². The van der Waals surface area contributed by atoms with Crippen LogP contribution in [0, 0.1) is 5.82 Å². The number of carbonyl (C=O) groups excluding carboxylic acids is 3. The number of imide groups is 1. The van der Waals surface area contributed by atoms with Crippen molar-refractivity contribution in [1.29, 1.82) is 0 Å². The molecule has 1 aromatic heterocycles. The molecule has 0 saturated carbocycles. The zero-order valence-corrected chi connectivity index (χ0v) is 13.2. The van der Waals surface area contributed by atoms with Crippen molar-refractivity contribution >= 4 is 45.3 Å². The number of halogens is 1. The molecular weight excluding hydrogens is 341 g/mol. The van der Waals surface area contributed by atoms with E-state index < -0.39 is 28.1 Å². The second-order valence-corrected chi connectivity index (χ2v) is 6.69. The first-order valence-corrected chi connectivity index (χ1v) is 8.30. The van der Waals surface area contributed by atoms with E-state index in [9.17, 15) is 18.8 Å². The smallest absolute Gasteiger partial charge is 0.286 e. The average molecular weight is 351 g/mol. The fourth-order valence-electron chi connectivity index (χ4n) is 1.99. The largest absolute Gasteiger partial charge is 0.302 e. The summed E-state index contributed by atoms with van der Waals surface area (Å²) in [4.78, 5) is 38.5. The molecular formula is C14H10FN3O3S2. The van der Waals surface area contributed by atoms with E-state index in [0.29, 0.717) is 16.4 Å². The van der Waals surface area contributed by atoms with E-state index in [2.05, 4.69) is 15.6 Å². The zero-order valence-electron chi connectivity index (χ0n) is 11.5. The Morgan fingerprint density at radius 3 is 2.83 bits per heavy atom. The van der Waals surface area contributed by atoms with Crippen molar-refractivity contribution in [2.75, 3.05) is 5.32 Å². The molecule has 9 heteroatoms. The molecule has 2 N–H and O–H groups in total. The van der Waals surface area contributed by atoms with Gasteiger partial charge in [-0.05, 0) is 12.1 Å². The summed E-state index contributed by atoms with van der Waals surface area (Å²) in [5, 5.41) is 5.43. The predicted molar refractivity (Wildman–Crippen MR) is 85.7 cm³/mol. The number of hydrogen-bond donors (Lipinski definition) is 2. The predicted octanol–water partition coefficient (Wildman–Crippen LogP) is 2.63. The summed E-state index contributed by atoms with van der Waals surface area (Å²) in [6.07, 6.45) is -0.128. The van der Waals surface area contributed by atoms with Crippen LogP contribution in [0.3, 0.4) is 0 Å². The molecule has 0 aliphatic carbocycles. The number of anilines is 1. The van der Waals surface area contributed by atoms with E-state index in [-0.39, 0.29) is 6.42 Å². The second kappa shape index (κ2) is 6.47. The van der Waals surface area contributed by atoms with Gasteiger partial charge in [-0.2, -0.15) is 0 Å². The second-order valence-electron chi connectivity index (χ2n) is 4.65. The Balaban J connectivity index is 1.65. The Kier molecular flexibility index (Phi) is 4.39. The van der Waals surface area contributed by atoms with Gasteiger partial charge < -0.3 is 5.32 Å². The molecule has 0 radical (unpaired) electrons. The van der Waals surface area contributed by atoms with Crippen LogP contribution >= 0.6 is 23.1 Å². The number of carbonyl (C=O) groups is 3. The molecule has 1 aromatic carbocycles. The Hall–Kier alpha value is -2.26. The van der Waals surface area contributed by atoms with Crippen LogP contribution in [0.25, 0.3) is 11.3 Å². The van der Waals surface area contributed by atoms with E-state index in [4.69, 9.17) is 0 Å². The minimum Gasteiger partial charge on any atom is -0.302 e. The van der Waals surface area contributed by atoms with Gasteiger partial charge >= 0.3 is 0 Å². The summed E-state index contributed by atoms with van der Waals surface area (Å²) in [6.45, 7) is 0. The van der Waals surface area contributed by atoms with Gasteiger partial charge in [0.15, 0.2) is 5.13 Å². The third kappa shape index (κ3) is 3.57. The van der Waals surface area contributed by atoms with Gasteiger partial charge in [0.05, 0.1) is 5.69 Å². The van der Waals surface area contributed by atoms with Gasteiger partial charge in [0.1, 0.15) is 11.1 Å². The standard InChI is InChI=1S/C14H10FN3O3S2/c15-8-4-2-1-3-7(8)9-6-22-13(16-9)17-11(19)5-10-12(20)18-14(21)23-10/h1-4,6,10H,5H2,(H,16,17,19)(H,18,20,21). The van der Waals surface area contributed by atoms with E-state index >= 15 is 0 Å². The molecule has 1 unspecified atom stereocenters. The highest BCUT2D eigenvalue weighted by Crippen LogP contribution is 2.27. The highest BCUT2D eigenvalue weighted by Gasteiger charge is 2.33. The van der Waals surface area contributed by atoms with Gasteiger partial charge in [0, 0.05) is 17.4 Å². The molecule has 0 bridgehead atoms. The van der Waals surface area contributed by atoms with Crippen molar-refractivity contribution in [3.05, 3.63) is 35.5 Å². The highest BCUT2D eigenvalue weighted by molar-refractivity contribution is 8.15. The number of benzene rings is 1. The third-order valence-corrected chi connectivity index (χ3v) is 4.78. The lowest BCUT2D eigenvalue weighted by molar-refractivity contribution is -0.122. The molecule has 2 heterocycles. The average Bonchev–Trinajstić information content (AvgIpc) is 3.06. The summed E-state index contributed by atoms with van der Waals surface area (Å²) < 4.78 is 13.7. The zero-order chi connectivity index (χ0) is 16.4. The van der Waals surface area contributed by atoms with Gasteiger partial charge in [0.25, 0.3) is 5.24 Å². The Bertz CT molecular complexity index is 793. The first kappa shape index (κ1) is 15.6. The molecule has 3 rings (SSSR count). The molecule has 23 heavy (non-hydrogen) atoms. The number of hydrogen-bond acceptors (Lipinski definition) is 6. The number of nitrogens with zero attached hydrogens (tertiary/aromatic N) is 1. The topological polar surface area (TPSA) is 88.2 Å². The summed E-state index contributed by atoms with van der Waals surface area (Å²) in [6, 6.07) is 6.21. The van der Waals surface area contributed by atoms with Crippen molar-refractivity contribution < 1.29 is 18.8 Å². The Morgan fingerprint density at radius 2 is 2.13 bits per heavy atom. The van der Waals surface area contributed by atoms with Crippen molar-refractivity contribution in [3.63, 3.8) is 0 Å². The molecule has 1 atom stereocenters. The summed E-state index contributed by atoms with van der Waals surface area (Å²) >= 11 is 1.95.